The first kappa shape index (κ1) is 7.92. The van der Waals surface area contributed by atoms with Crippen molar-refractivity contribution < 1.29 is 4.74 Å². The summed E-state index contributed by atoms with van der Waals surface area (Å²) in [5.74, 6) is 0. The Balaban J connectivity index is 3.37. The van der Waals surface area contributed by atoms with Gasteiger partial charge in [-0.2, -0.15) is 0 Å². The number of rotatable bonds is 3. The molecule has 0 radical (unpaired) electrons. The van der Waals surface area contributed by atoms with Gasteiger partial charge >= 0.3 is 0 Å². The Kier molecular flexibility index (Phi) is 3.02. The molecule has 0 spiro atoms. The minimum atomic E-state index is -0.408. The lowest BCUT2D eigenvalue weighted by Crippen LogP contribution is -2.37. The Morgan fingerprint density at radius 2 is 2.12 bits per heavy atom. The highest BCUT2D eigenvalue weighted by Crippen LogP contribution is 2.07. The van der Waals surface area contributed by atoms with Crippen LogP contribution < -0.4 is 5.73 Å². The monoisotopic (exact) mass is 117 g/mol. The second-order valence-electron chi connectivity index (χ2n) is 2.27. The van der Waals surface area contributed by atoms with Gasteiger partial charge in [0, 0.05) is 7.11 Å². The van der Waals surface area contributed by atoms with E-state index in [0.29, 0.717) is 0 Å². The molecule has 0 bridgehead atoms. The minimum Gasteiger partial charge on any atom is -0.364 e. The number of hydrogen-bond acceptors (Lipinski definition) is 2. The van der Waals surface area contributed by atoms with Crippen LogP contribution in [0.15, 0.2) is 0 Å². The molecule has 0 rings (SSSR count). The van der Waals surface area contributed by atoms with Crippen molar-refractivity contribution in [3.8, 4) is 0 Å². The second kappa shape index (κ2) is 3.05. The van der Waals surface area contributed by atoms with Gasteiger partial charge in [0.25, 0.3) is 0 Å². The highest BCUT2D eigenvalue weighted by atomic mass is 16.5. The van der Waals surface area contributed by atoms with Crippen molar-refractivity contribution in [1.82, 2.24) is 0 Å². The molecule has 0 aromatic carbocycles. The summed E-state index contributed by atoms with van der Waals surface area (Å²) in [6.45, 7) is 3.97. The van der Waals surface area contributed by atoms with Crippen LogP contribution >= 0.6 is 0 Å². The first-order valence-electron chi connectivity index (χ1n) is 2.96. The molecule has 0 amide bonds. The highest BCUT2D eigenvalue weighted by molar-refractivity contribution is 4.62. The zero-order valence-electron chi connectivity index (χ0n) is 5.90. The normalized spacial score (nSPS) is 18.0. The maximum Gasteiger partial charge on any atom is 0.113 e. The van der Waals surface area contributed by atoms with Crippen LogP contribution in [0.5, 0.6) is 0 Å². The van der Waals surface area contributed by atoms with Gasteiger partial charge in [-0.05, 0) is 13.3 Å². The van der Waals surface area contributed by atoms with Crippen molar-refractivity contribution in [2.45, 2.75) is 32.4 Å². The molecule has 0 aliphatic carbocycles. The molecule has 0 saturated carbocycles. The fourth-order valence-electron chi connectivity index (χ4n) is 0.598. The van der Waals surface area contributed by atoms with Gasteiger partial charge in [-0.1, -0.05) is 13.3 Å². The van der Waals surface area contributed by atoms with Gasteiger partial charge in [-0.15, -0.1) is 0 Å². The van der Waals surface area contributed by atoms with Gasteiger partial charge in [0.05, 0.1) is 0 Å². The Labute approximate surface area is 51.0 Å². The largest absolute Gasteiger partial charge is 0.364 e. The fraction of sp³-hybridized carbons (Fsp3) is 1.00. The zero-order chi connectivity index (χ0) is 6.62. The van der Waals surface area contributed by atoms with Gasteiger partial charge in [0.2, 0.25) is 0 Å². The SMILES string of the molecule is CCCC(C)(N)OC. The van der Waals surface area contributed by atoms with Gasteiger partial charge < -0.3 is 10.5 Å². The summed E-state index contributed by atoms with van der Waals surface area (Å²) < 4.78 is 4.96. The summed E-state index contributed by atoms with van der Waals surface area (Å²) in [5, 5.41) is 0. The molecular weight excluding hydrogens is 102 g/mol. The highest BCUT2D eigenvalue weighted by Gasteiger charge is 2.13. The van der Waals surface area contributed by atoms with Crippen molar-refractivity contribution in [3.05, 3.63) is 0 Å². The fourth-order valence-corrected chi connectivity index (χ4v) is 0.598. The zero-order valence-corrected chi connectivity index (χ0v) is 5.90. The number of hydrogen-bond donors (Lipinski definition) is 1. The van der Waals surface area contributed by atoms with Crippen LogP contribution in [-0.4, -0.2) is 12.8 Å². The average Bonchev–Trinajstić information content (AvgIpc) is 1.67. The predicted octanol–water partition coefficient (Wildman–Crippen LogP) is 1.11. The third kappa shape index (κ3) is 2.99. The molecule has 0 fully saturated rings. The Morgan fingerprint density at radius 1 is 1.62 bits per heavy atom. The summed E-state index contributed by atoms with van der Waals surface area (Å²) in [7, 11) is 1.63. The molecule has 1 atom stereocenters. The standard InChI is InChI=1S/C6H15NO/c1-4-5-6(2,7)8-3/h4-5,7H2,1-3H3. The Hall–Kier alpha value is -0.0800. The lowest BCUT2D eigenvalue weighted by molar-refractivity contribution is 0.00394. The summed E-state index contributed by atoms with van der Waals surface area (Å²) in [4.78, 5) is 0. The molecule has 0 aliphatic rings. The maximum atomic E-state index is 5.60. The van der Waals surface area contributed by atoms with E-state index >= 15 is 0 Å². The molecule has 8 heavy (non-hydrogen) atoms. The summed E-state index contributed by atoms with van der Waals surface area (Å²) in [6.07, 6.45) is 1.99. The van der Waals surface area contributed by atoms with E-state index in [0.717, 1.165) is 12.8 Å². The van der Waals surface area contributed by atoms with Crippen molar-refractivity contribution in [3.63, 3.8) is 0 Å². The third-order valence-electron chi connectivity index (χ3n) is 1.21. The molecule has 0 aromatic rings. The van der Waals surface area contributed by atoms with E-state index in [-0.39, 0.29) is 0 Å². The second-order valence-corrected chi connectivity index (χ2v) is 2.27. The molecule has 0 saturated heterocycles. The molecule has 50 valence electrons. The molecule has 0 heterocycles. The van der Waals surface area contributed by atoms with Gasteiger partial charge in [0.15, 0.2) is 0 Å². The van der Waals surface area contributed by atoms with Gasteiger partial charge in [-0.25, -0.2) is 0 Å². The van der Waals surface area contributed by atoms with Crippen molar-refractivity contribution in [2.24, 2.45) is 5.73 Å². The van der Waals surface area contributed by atoms with Crippen LogP contribution in [-0.2, 0) is 4.74 Å². The van der Waals surface area contributed by atoms with E-state index in [1.54, 1.807) is 7.11 Å². The Morgan fingerprint density at radius 3 is 2.25 bits per heavy atom. The molecule has 0 aromatic heterocycles. The maximum absolute atomic E-state index is 5.60. The van der Waals surface area contributed by atoms with E-state index in [9.17, 15) is 0 Å². The molecular formula is C6H15NO. The van der Waals surface area contributed by atoms with Crippen molar-refractivity contribution in [2.75, 3.05) is 7.11 Å². The topological polar surface area (TPSA) is 35.2 Å². The predicted molar refractivity (Wildman–Crippen MR) is 34.5 cm³/mol. The van der Waals surface area contributed by atoms with E-state index in [1.807, 2.05) is 6.92 Å². The van der Waals surface area contributed by atoms with E-state index in [1.165, 1.54) is 0 Å². The van der Waals surface area contributed by atoms with Crippen LogP contribution in [0.2, 0.25) is 0 Å². The van der Waals surface area contributed by atoms with E-state index in [4.69, 9.17) is 10.5 Å². The molecule has 2 N–H and O–H groups in total. The lowest BCUT2D eigenvalue weighted by Gasteiger charge is -2.21. The third-order valence-corrected chi connectivity index (χ3v) is 1.21. The smallest absolute Gasteiger partial charge is 0.113 e. The van der Waals surface area contributed by atoms with E-state index in [2.05, 4.69) is 6.92 Å². The molecule has 2 nitrogen and oxygen atoms in total. The molecule has 0 aliphatic heterocycles. The number of methoxy groups -OCH3 is 1. The van der Waals surface area contributed by atoms with Crippen LogP contribution in [0.25, 0.3) is 0 Å². The first-order chi connectivity index (χ1) is 3.62. The summed E-state index contributed by atoms with van der Waals surface area (Å²) in [5.41, 5.74) is 5.20. The lowest BCUT2D eigenvalue weighted by atomic mass is 10.1. The Bertz CT molecular complexity index is 61.5. The van der Waals surface area contributed by atoms with Crippen LogP contribution in [0.1, 0.15) is 26.7 Å². The van der Waals surface area contributed by atoms with Gasteiger partial charge in [-0.3, -0.25) is 0 Å². The van der Waals surface area contributed by atoms with Gasteiger partial charge in [0.1, 0.15) is 5.72 Å². The van der Waals surface area contributed by atoms with E-state index < -0.39 is 5.72 Å². The van der Waals surface area contributed by atoms with Crippen LogP contribution in [0.3, 0.4) is 0 Å². The summed E-state index contributed by atoms with van der Waals surface area (Å²) in [6, 6.07) is 0. The molecule has 1 unspecified atom stereocenters. The van der Waals surface area contributed by atoms with Crippen molar-refractivity contribution in [1.29, 1.82) is 0 Å². The molecule has 2 heteroatoms. The quantitative estimate of drug-likeness (QED) is 0.562. The summed E-state index contributed by atoms with van der Waals surface area (Å²) >= 11 is 0. The van der Waals surface area contributed by atoms with Crippen LogP contribution in [0, 0.1) is 0 Å². The number of ether oxygens (including phenoxy) is 1. The average molecular weight is 117 g/mol. The van der Waals surface area contributed by atoms with Crippen LogP contribution in [0.4, 0.5) is 0 Å². The van der Waals surface area contributed by atoms with Crippen molar-refractivity contribution >= 4 is 0 Å². The number of nitrogens with two attached hydrogens (primary N) is 1. The minimum absolute atomic E-state index is 0.408. The first-order valence-corrected chi connectivity index (χ1v) is 2.96.